The molecule has 0 saturated heterocycles. The standard InChI is InChI=1S/C27H28ClN7O4/c1-34(2)23(36)15-39-21-13-10-17(14-22(21)38-3)24(31-18-11-8-16(9-12-18)25(29)30)26-32-27(37)35(33-26)20-7-5-4-6-19(20)28/h4-14,24,31H,15H2,1-3H3,(H3,29,30)(H,32,33,37). The van der Waals surface area contributed by atoms with Crippen molar-refractivity contribution in [2.45, 2.75) is 6.04 Å². The van der Waals surface area contributed by atoms with Gasteiger partial charge in [0.05, 0.1) is 17.8 Å². The van der Waals surface area contributed by atoms with Crippen molar-refractivity contribution in [3.05, 3.63) is 99.2 Å². The number of amidine groups is 1. The summed E-state index contributed by atoms with van der Waals surface area (Å²) in [6.45, 7) is -0.150. The number of nitrogens with two attached hydrogens (primary N) is 1. The molecule has 1 atom stereocenters. The van der Waals surface area contributed by atoms with E-state index >= 15 is 0 Å². The van der Waals surface area contributed by atoms with Crippen molar-refractivity contribution in [2.24, 2.45) is 5.73 Å². The van der Waals surface area contributed by atoms with Crippen molar-refractivity contribution in [1.82, 2.24) is 19.7 Å². The van der Waals surface area contributed by atoms with Crippen LogP contribution in [-0.4, -0.2) is 59.2 Å². The highest BCUT2D eigenvalue weighted by Crippen LogP contribution is 2.33. The predicted octanol–water partition coefficient (Wildman–Crippen LogP) is 3.18. The molecule has 1 heterocycles. The van der Waals surface area contributed by atoms with Crippen molar-refractivity contribution >= 4 is 29.0 Å². The number of amides is 1. The first-order chi connectivity index (χ1) is 18.7. The zero-order valence-electron chi connectivity index (χ0n) is 21.6. The maximum absolute atomic E-state index is 12.9. The van der Waals surface area contributed by atoms with E-state index in [0.717, 1.165) is 0 Å². The lowest BCUT2D eigenvalue weighted by Crippen LogP contribution is -2.27. The number of nitrogens with zero attached hydrogens (tertiary/aromatic N) is 3. The maximum Gasteiger partial charge on any atom is 0.348 e. The van der Waals surface area contributed by atoms with Crippen LogP contribution in [0.1, 0.15) is 23.0 Å². The molecule has 1 amide bonds. The molecule has 3 aromatic carbocycles. The Kier molecular flexibility index (Phi) is 8.21. The molecule has 4 aromatic rings. The molecule has 0 bridgehead atoms. The second kappa shape index (κ2) is 11.7. The third kappa shape index (κ3) is 6.21. The molecule has 39 heavy (non-hydrogen) atoms. The number of para-hydroxylation sites is 1. The van der Waals surface area contributed by atoms with Gasteiger partial charge in [-0.05, 0) is 54.1 Å². The first kappa shape index (κ1) is 27.3. The normalized spacial score (nSPS) is 11.5. The lowest BCUT2D eigenvalue weighted by atomic mass is 10.0. The van der Waals surface area contributed by atoms with Crippen molar-refractivity contribution in [3.8, 4) is 17.2 Å². The van der Waals surface area contributed by atoms with Gasteiger partial charge in [0, 0.05) is 25.3 Å². The summed E-state index contributed by atoms with van der Waals surface area (Å²) in [5.74, 6) is 0.849. The highest BCUT2D eigenvalue weighted by Gasteiger charge is 2.23. The zero-order chi connectivity index (χ0) is 28.1. The van der Waals surface area contributed by atoms with Crippen LogP contribution >= 0.6 is 11.6 Å². The first-order valence-electron chi connectivity index (χ1n) is 11.8. The Balaban J connectivity index is 1.74. The Labute approximate surface area is 229 Å². The second-order valence-corrected chi connectivity index (χ2v) is 9.14. The zero-order valence-corrected chi connectivity index (χ0v) is 22.3. The van der Waals surface area contributed by atoms with Crippen LogP contribution in [-0.2, 0) is 4.79 Å². The number of nitrogens with one attached hydrogen (secondary N) is 3. The average Bonchev–Trinajstić information content (AvgIpc) is 3.31. The number of methoxy groups -OCH3 is 1. The van der Waals surface area contributed by atoms with Gasteiger partial charge in [-0.1, -0.05) is 29.8 Å². The largest absolute Gasteiger partial charge is 0.493 e. The van der Waals surface area contributed by atoms with Gasteiger partial charge >= 0.3 is 5.69 Å². The van der Waals surface area contributed by atoms with Crippen LogP contribution in [0.5, 0.6) is 11.5 Å². The van der Waals surface area contributed by atoms with Crippen LogP contribution in [0.2, 0.25) is 5.02 Å². The summed E-state index contributed by atoms with van der Waals surface area (Å²) in [7, 11) is 4.79. The summed E-state index contributed by atoms with van der Waals surface area (Å²) in [5, 5.41) is 15.9. The molecule has 5 N–H and O–H groups in total. The molecule has 0 saturated carbocycles. The fraction of sp³-hybridized carbons (Fsp3) is 0.185. The number of anilines is 1. The summed E-state index contributed by atoms with van der Waals surface area (Å²) < 4.78 is 12.4. The van der Waals surface area contributed by atoms with E-state index in [-0.39, 0.29) is 18.3 Å². The molecule has 0 aliphatic carbocycles. The summed E-state index contributed by atoms with van der Waals surface area (Å²) >= 11 is 6.32. The van der Waals surface area contributed by atoms with Crippen LogP contribution in [0.3, 0.4) is 0 Å². The number of benzene rings is 3. The molecule has 11 nitrogen and oxygen atoms in total. The molecule has 0 fully saturated rings. The fourth-order valence-electron chi connectivity index (χ4n) is 3.73. The number of aromatic amines is 1. The monoisotopic (exact) mass is 549 g/mol. The number of halogens is 1. The highest BCUT2D eigenvalue weighted by molar-refractivity contribution is 6.32. The number of ether oxygens (including phenoxy) is 2. The molecule has 1 unspecified atom stereocenters. The third-order valence-corrected chi connectivity index (χ3v) is 6.19. The van der Waals surface area contributed by atoms with Gasteiger partial charge in [-0.2, -0.15) is 4.68 Å². The molecule has 0 radical (unpaired) electrons. The number of carbonyl (C=O) groups is 1. The number of hydrogen-bond acceptors (Lipinski definition) is 7. The SMILES string of the molecule is COc1cc(C(Nc2ccc(C(=N)N)cc2)c2nn(-c3ccccc3Cl)c(=O)[nH]2)ccc1OCC(=O)N(C)C. The van der Waals surface area contributed by atoms with Crippen LogP contribution in [0.25, 0.3) is 5.69 Å². The lowest BCUT2D eigenvalue weighted by Gasteiger charge is -2.20. The van der Waals surface area contributed by atoms with Gasteiger partial charge in [0.2, 0.25) is 0 Å². The fourth-order valence-corrected chi connectivity index (χ4v) is 3.95. The quantitative estimate of drug-likeness (QED) is 0.175. The molecule has 4 rings (SSSR count). The smallest absolute Gasteiger partial charge is 0.348 e. The van der Waals surface area contributed by atoms with E-state index < -0.39 is 11.7 Å². The van der Waals surface area contributed by atoms with Gasteiger partial charge in [-0.25, -0.2) is 4.79 Å². The van der Waals surface area contributed by atoms with Gasteiger partial charge < -0.3 is 25.4 Å². The van der Waals surface area contributed by atoms with Crippen molar-refractivity contribution in [1.29, 1.82) is 5.41 Å². The molecule has 12 heteroatoms. The van der Waals surface area contributed by atoms with E-state index in [4.69, 9.17) is 32.2 Å². The summed E-state index contributed by atoms with van der Waals surface area (Å²) in [6, 6.07) is 18.4. The Morgan fingerprint density at radius 1 is 1.15 bits per heavy atom. The first-order valence-corrected chi connectivity index (χ1v) is 12.2. The third-order valence-electron chi connectivity index (χ3n) is 5.87. The van der Waals surface area contributed by atoms with Gasteiger partial charge in [-0.3, -0.25) is 15.2 Å². The van der Waals surface area contributed by atoms with Crippen LogP contribution in [0, 0.1) is 5.41 Å². The van der Waals surface area contributed by atoms with E-state index in [1.807, 2.05) is 0 Å². The minimum atomic E-state index is -0.643. The van der Waals surface area contributed by atoms with Gasteiger partial charge in [0.1, 0.15) is 11.9 Å². The van der Waals surface area contributed by atoms with E-state index in [0.29, 0.717) is 44.8 Å². The van der Waals surface area contributed by atoms with E-state index in [1.54, 1.807) is 80.8 Å². The number of hydrogen-bond donors (Lipinski definition) is 4. The van der Waals surface area contributed by atoms with Crippen molar-refractivity contribution < 1.29 is 14.3 Å². The molecule has 0 aliphatic rings. The van der Waals surface area contributed by atoms with E-state index in [9.17, 15) is 9.59 Å². The summed E-state index contributed by atoms with van der Waals surface area (Å²) in [5.41, 5.74) is 7.51. The molecule has 1 aromatic heterocycles. The number of aromatic nitrogens is 3. The van der Waals surface area contributed by atoms with E-state index in [1.165, 1.54) is 16.7 Å². The average molecular weight is 550 g/mol. The van der Waals surface area contributed by atoms with Gasteiger partial charge in [-0.15, -0.1) is 5.10 Å². The molecule has 0 aliphatic heterocycles. The maximum atomic E-state index is 12.9. The van der Waals surface area contributed by atoms with Crippen molar-refractivity contribution in [3.63, 3.8) is 0 Å². The molecular formula is C27H28ClN7O4. The Morgan fingerprint density at radius 2 is 1.87 bits per heavy atom. The Bertz CT molecular complexity index is 1550. The van der Waals surface area contributed by atoms with Crippen LogP contribution < -0.4 is 26.2 Å². The summed E-state index contributed by atoms with van der Waals surface area (Å²) in [6.07, 6.45) is 0. The predicted molar refractivity (Wildman–Crippen MR) is 149 cm³/mol. The number of likely N-dealkylation sites (N-methyl/N-ethyl adjacent to an activating group) is 1. The minimum Gasteiger partial charge on any atom is -0.493 e. The Morgan fingerprint density at radius 3 is 2.51 bits per heavy atom. The number of rotatable bonds is 10. The second-order valence-electron chi connectivity index (χ2n) is 8.73. The lowest BCUT2D eigenvalue weighted by molar-refractivity contribution is -0.130. The summed E-state index contributed by atoms with van der Waals surface area (Å²) in [4.78, 5) is 29.2. The minimum absolute atomic E-state index is 0.0472. The topological polar surface area (TPSA) is 151 Å². The number of carbonyl (C=O) groups excluding carboxylic acids is 1. The number of nitrogen functional groups attached to an aromatic ring is 1. The number of H-pyrrole nitrogens is 1. The highest BCUT2D eigenvalue weighted by atomic mass is 35.5. The molecule has 202 valence electrons. The van der Waals surface area contributed by atoms with Gasteiger partial charge in [0.25, 0.3) is 5.91 Å². The van der Waals surface area contributed by atoms with E-state index in [2.05, 4.69) is 15.4 Å². The molecular weight excluding hydrogens is 522 g/mol. The van der Waals surface area contributed by atoms with Crippen molar-refractivity contribution in [2.75, 3.05) is 33.1 Å². The van der Waals surface area contributed by atoms with Crippen LogP contribution in [0.15, 0.2) is 71.5 Å². The van der Waals surface area contributed by atoms with Gasteiger partial charge in [0.15, 0.2) is 23.9 Å². The Hall–Kier alpha value is -4.77. The molecule has 0 spiro atoms. The van der Waals surface area contributed by atoms with Crippen LogP contribution in [0.4, 0.5) is 5.69 Å².